The first-order valence-electron chi connectivity index (χ1n) is 7.02. The first kappa shape index (κ1) is 16.4. The molecule has 0 unspecified atom stereocenters. The molecule has 0 radical (unpaired) electrons. The van der Waals surface area contributed by atoms with Gasteiger partial charge in [-0.05, 0) is 25.1 Å². The van der Waals surface area contributed by atoms with Crippen LogP contribution in [0.4, 0.5) is 0 Å². The Hall–Kier alpha value is -1.98. The lowest BCUT2D eigenvalue weighted by Gasteiger charge is -2.40. The van der Waals surface area contributed by atoms with E-state index in [9.17, 15) is 20.1 Å². The molecule has 2 rings (SSSR count). The van der Waals surface area contributed by atoms with Crippen molar-refractivity contribution >= 4 is 5.91 Å². The molecule has 1 aliphatic heterocycles. The Morgan fingerprint density at radius 3 is 2.73 bits per heavy atom. The third-order valence-corrected chi connectivity index (χ3v) is 3.84. The highest BCUT2D eigenvalue weighted by Gasteiger charge is 2.40. The normalized spacial score (nSPS) is 31.3. The second-order valence-electron chi connectivity index (χ2n) is 5.44. The van der Waals surface area contributed by atoms with Crippen LogP contribution in [0.1, 0.15) is 22.8 Å². The zero-order valence-electron chi connectivity index (χ0n) is 12.1. The molecule has 5 atom stereocenters. The van der Waals surface area contributed by atoms with Gasteiger partial charge in [0.25, 0.3) is 5.91 Å². The molecule has 0 spiro atoms. The van der Waals surface area contributed by atoms with Crippen molar-refractivity contribution in [2.75, 3.05) is 6.54 Å². The number of rotatable bonds is 3. The second kappa shape index (κ2) is 6.85. The molecule has 0 bridgehead atoms. The number of carbonyl (C=O) groups is 1. The number of benzene rings is 1. The number of amides is 1. The van der Waals surface area contributed by atoms with E-state index in [0.29, 0.717) is 11.1 Å². The number of carbonyl (C=O) groups excluding carboxylic acids is 1. The molecule has 1 aliphatic rings. The summed E-state index contributed by atoms with van der Waals surface area (Å²) in [5.41, 5.74) is 0.730. The molecule has 7 heteroatoms. The number of hydrogen-bond acceptors (Lipinski definition) is 6. The van der Waals surface area contributed by atoms with Crippen LogP contribution < -0.4 is 10.6 Å². The fraction of sp³-hybridized carbons (Fsp3) is 0.467. The molecule has 1 aromatic rings. The van der Waals surface area contributed by atoms with Crippen molar-refractivity contribution in [2.45, 2.75) is 37.3 Å². The van der Waals surface area contributed by atoms with Crippen LogP contribution in [0, 0.1) is 11.3 Å². The van der Waals surface area contributed by atoms with E-state index in [1.807, 2.05) is 6.07 Å². The highest BCUT2D eigenvalue weighted by molar-refractivity contribution is 5.94. The maximum absolute atomic E-state index is 12.0. The van der Waals surface area contributed by atoms with Gasteiger partial charge in [0, 0.05) is 18.2 Å². The number of aliphatic hydroxyl groups is 3. The van der Waals surface area contributed by atoms with Gasteiger partial charge in [-0.3, -0.25) is 4.79 Å². The quantitative estimate of drug-likeness (QED) is 0.474. The zero-order chi connectivity index (χ0) is 16.3. The Kier molecular flexibility index (Phi) is 5.11. The third-order valence-electron chi connectivity index (χ3n) is 3.84. The summed E-state index contributed by atoms with van der Waals surface area (Å²) in [4.78, 5) is 12.0. The predicted octanol–water partition coefficient (Wildman–Crippen LogP) is -1.27. The molecule has 7 nitrogen and oxygen atoms in total. The molecule has 5 N–H and O–H groups in total. The summed E-state index contributed by atoms with van der Waals surface area (Å²) in [5, 5.41) is 43.7. The van der Waals surface area contributed by atoms with Gasteiger partial charge in [-0.15, -0.1) is 0 Å². The van der Waals surface area contributed by atoms with Crippen molar-refractivity contribution in [1.82, 2.24) is 10.6 Å². The number of nitrogens with one attached hydrogen (secondary N) is 2. The number of nitrogens with zero attached hydrogens (tertiary/aromatic N) is 1. The van der Waals surface area contributed by atoms with E-state index in [-0.39, 0.29) is 12.5 Å². The van der Waals surface area contributed by atoms with Crippen LogP contribution in [0.25, 0.3) is 0 Å². The summed E-state index contributed by atoms with van der Waals surface area (Å²) in [6.45, 7) is 1.77. The van der Waals surface area contributed by atoms with Gasteiger partial charge in [0.05, 0.1) is 29.9 Å². The van der Waals surface area contributed by atoms with E-state index in [0.717, 1.165) is 0 Å². The van der Waals surface area contributed by atoms with Crippen molar-refractivity contribution in [3.05, 3.63) is 35.4 Å². The van der Waals surface area contributed by atoms with Gasteiger partial charge in [0.15, 0.2) is 0 Å². The van der Waals surface area contributed by atoms with Crippen LogP contribution in [0.2, 0.25) is 0 Å². The summed E-state index contributed by atoms with van der Waals surface area (Å²) in [6.07, 6.45) is -3.51. The van der Waals surface area contributed by atoms with E-state index >= 15 is 0 Å². The molecular formula is C15H19N3O4. The van der Waals surface area contributed by atoms with E-state index in [1.54, 1.807) is 25.1 Å². The fourth-order valence-electron chi connectivity index (χ4n) is 2.49. The molecule has 1 saturated heterocycles. The minimum atomic E-state index is -1.26. The van der Waals surface area contributed by atoms with Gasteiger partial charge in [-0.1, -0.05) is 6.07 Å². The highest BCUT2D eigenvalue weighted by atomic mass is 16.4. The molecule has 1 fully saturated rings. The van der Waals surface area contributed by atoms with Crippen molar-refractivity contribution < 1.29 is 20.1 Å². The van der Waals surface area contributed by atoms with E-state index in [1.165, 1.54) is 6.07 Å². The Balaban J connectivity index is 1.97. The van der Waals surface area contributed by atoms with Gasteiger partial charge in [0.1, 0.15) is 6.10 Å². The lowest BCUT2D eigenvalue weighted by Crippen LogP contribution is -2.66. The number of nitriles is 1. The van der Waals surface area contributed by atoms with Crippen LogP contribution in [0.5, 0.6) is 0 Å². The molecule has 22 heavy (non-hydrogen) atoms. The van der Waals surface area contributed by atoms with Crippen LogP contribution in [-0.2, 0) is 0 Å². The van der Waals surface area contributed by atoms with Crippen molar-refractivity contribution in [2.24, 2.45) is 0 Å². The standard InChI is InChI=1S/C15H19N3O4/c1-8-12(19)14(21)13(20)11(18-8)7-17-15(22)10-4-2-3-9(5-10)6-16/h2-5,8,11-14,18-21H,7H2,1H3,(H,17,22)/t8-,11+,12+,13+,14+/m0/s1. The Bertz CT molecular complexity index is 586. The molecular weight excluding hydrogens is 286 g/mol. The van der Waals surface area contributed by atoms with Gasteiger partial charge in [0.2, 0.25) is 0 Å². The molecule has 0 saturated carbocycles. The lowest BCUT2D eigenvalue weighted by atomic mass is 9.91. The smallest absolute Gasteiger partial charge is 0.251 e. The average Bonchev–Trinajstić information content (AvgIpc) is 2.54. The molecule has 1 heterocycles. The minimum Gasteiger partial charge on any atom is -0.389 e. The Morgan fingerprint density at radius 1 is 1.32 bits per heavy atom. The summed E-state index contributed by atoms with van der Waals surface area (Å²) < 4.78 is 0. The summed E-state index contributed by atoms with van der Waals surface area (Å²) in [5.74, 6) is -0.376. The molecule has 0 aromatic heterocycles. The van der Waals surface area contributed by atoms with Crippen LogP contribution >= 0.6 is 0 Å². The van der Waals surface area contributed by atoms with Gasteiger partial charge >= 0.3 is 0 Å². The Morgan fingerprint density at radius 2 is 2.05 bits per heavy atom. The van der Waals surface area contributed by atoms with E-state index in [2.05, 4.69) is 10.6 Å². The van der Waals surface area contributed by atoms with E-state index < -0.39 is 30.4 Å². The predicted molar refractivity (Wildman–Crippen MR) is 77.9 cm³/mol. The van der Waals surface area contributed by atoms with Crippen LogP contribution in [0.3, 0.4) is 0 Å². The van der Waals surface area contributed by atoms with Gasteiger partial charge in [-0.2, -0.15) is 5.26 Å². The van der Waals surface area contributed by atoms with Gasteiger partial charge in [-0.25, -0.2) is 0 Å². The molecule has 118 valence electrons. The SMILES string of the molecule is C[C@@H]1N[C@H](CNC(=O)c2cccc(C#N)c2)[C@@H](O)[C@H](O)[C@@H]1O. The zero-order valence-corrected chi connectivity index (χ0v) is 12.1. The first-order valence-corrected chi connectivity index (χ1v) is 7.02. The Labute approximate surface area is 128 Å². The fourth-order valence-corrected chi connectivity index (χ4v) is 2.49. The molecule has 0 aliphatic carbocycles. The summed E-state index contributed by atoms with van der Waals surface area (Å²) >= 11 is 0. The first-order chi connectivity index (χ1) is 10.4. The molecule has 1 amide bonds. The lowest BCUT2D eigenvalue weighted by molar-refractivity contribution is -0.109. The highest BCUT2D eigenvalue weighted by Crippen LogP contribution is 2.15. The van der Waals surface area contributed by atoms with Gasteiger partial charge < -0.3 is 26.0 Å². The number of piperidine rings is 1. The topological polar surface area (TPSA) is 126 Å². The largest absolute Gasteiger partial charge is 0.389 e. The van der Waals surface area contributed by atoms with Crippen molar-refractivity contribution in [1.29, 1.82) is 5.26 Å². The summed E-state index contributed by atoms with van der Waals surface area (Å²) in [6, 6.07) is 7.26. The average molecular weight is 305 g/mol. The third kappa shape index (κ3) is 3.43. The maximum Gasteiger partial charge on any atom is 0.251 e. The second-order valence-corrected chi connectivity index (χ2v) is 5.44. The maximum atomic E-state index is 12.0. The van der Waals surface area contributed by atoms with Crippen molar-refractivity contribution in [3.63, 3.8) is 0 Å². The van der Waals surface area contributed by atoms with E-state index in [4.69, 9.17) is 5.26 Å². The monoisotopic (exact) mass is 305 g/mol. The molecule has 1 aromatic carbocycles. The minimum absolute atomic E-state index is 0.0882. The van der Waals surface area contributed by atoms with Crippen molar-refractivity contribution in [3.8, 4) is 6.07 Å². The van der Waals surface area contributed by atoms with Crippen LogP contribution in [-0.4, -0.2) is 58.2 Å². The van der Waals surface area contributed by atoms with Crippen LogP contribution in [0.15, 0.2) is 24.3 Å². The number of hydrogen-bond donors (Lipinski definition) is 5. The summed E-state index contributed by atoms with van der Waals surface area (Å²) in [7, 11) is 0. The number of aliphatic hydroxyl groups excluding tert-OH is 3.